The fourth-order valence-corrected chi connectivity index (χ4v) is 2.71. The largest absolute Gasteiger partial charge is 0.495 e. The molecule has 1 aliphatic heterocycles. The molecule has 0 radical (unpaired) electrons. The van der Waals surface area contributed by atoms with Gasteiger partial charge in [0.2, 0.25) is 0 Å². The first kappa shape index (κ1) is 13.4. The van der Waals surface area contributed by atoms with Gasteiger partial charge in [0.15, 0.2) is 5.96 Å². The standard InChI is InChI=1S/C16H18N4O/c1-16(14-9-5-6-10-18-14)11-19-15(17)20(16)12-7-3-4-8-13(12)21-2/h3-10H,11H2,1-2H3,(H2,17,19). The number of guanidine groups is 1. The molecule has 1 unspecified atom stereocenters. The summed E-state index contributed by atoms with van der Waals surface area (Å²) in [6.45, 7) is 2.65. The minimum absolute atomic E-state index is 0.417. The van der Waals surface area contributed by atoms with Crippen molar-refractivity contribution in [2.45, 2.75) is 12.5 Å². The second-order valence-electron chi connectivity index (χ2n) is 5.17. The van der Waals surface area contributed by atoms with E-state index in [1.54, 1.807) is 13.3 Å². The minimum atomic E-state index is -0.417. The highest BCUT2D eigenvalue weighted by atomic mass is 16.5. The lowest BCUT2D eigenvalue weighted by Crippen LogP contribution is -2.48. The summed E-state index contributed by atoms with van der Waals surface area (Å²) >= 11 is 0. The molecule has 1 aliphatic rings. The number of benzene rings is 1. The summed E-state index contributed by atoms with van der Waals surface area (Å²) in [6, 6.07) is 13.7. The van der Waals surface area contributed by atoms with Gasteiger partial charge in [-0.2, -0.15) is 0 Å². The van der Waals surface area contributed by atoms with E-state index in [1.807, 2.05) is 47.4 Å². The van der Waals surface area contributed by atoms with Crippen LogP contribution in [0.1, 0.15) is 12.6 Å². The molecule has 0 spiro atoms. The maximum atomic E-state index is 6.14. The van der Waals surface area contributed by atoms with Gasteiger partial charge in [0.05, 0.1) is 25.0 Å². The molecule has 0 saturated carbocycles. The maximum Gasteiger partial charge on any atom is 0.196 e. The van der Waals surface area contributed by atoms with Crippen molar-refractivity contribution in [3.05, 3.63) is 54.4 Å². The lowest BCUT2D eigenvalue weighted by molar-refractivity contribution is 0.411. The highest BCUT2D eigenvalue weighted by Crippen LogP contribution is 2.39. The molecule has 5 nitrogen and oxygen atoms in total. The molecular formula is C16H18N4O. The second kappa shape index (κ2) is 5.09. The predicted octanol–water partition coefficient (Wildman–Crippen LogP) is 2.14. The van der Waals surface area contributed by atoms with Crippen LogP contribution in [0.3, 0.4) is 0 Å². The minimum Gasteiger partial charge on any atom is -0.495 e. The zero-order valence-corrected chi connectivity index (χ0v) is 12.2. The van der Waals surface area contributed by atoms with Crippen molar-refractivity contribution in [2.75, 3.05) is 18.6 Å². The van der Waals surface area contributed by atoms with Gasteiger partial charge in [-0.1, -0.05) is 18.2 Å². The molecule has 2 aromatic rings. The second-order valence-corrected chi connectivity index (χ2v) is 5.17. The van der Waals surface area contributed by atoms with Crippen LogP contribution in [0.15, 0.2) is 53.7 Å². The first-order valence-electron chi connectivity index (χ1n) is 6.81. The average Bonchev–Trinajstić information content (AvgIpc) is 2.84. The van der Waals surface area contributed by atoms with Crippen LogP contribution >= 0.6 is 0 Å². The number of rotatable bonds is 3. The number of pyridine rings is 1. The monoisotopic (exact) mass is 282 g/mol. The van der Waals surface area contributed by atoms with Gasteiger partial charge in [-0.05, 0) is 31.2 Å². The molecule has 2 N–H and O–H groups in total. The van der Waals surface area contributed by atoms with Crippen LogP contribution in [0.2, 0.25) is 0 Å². The molecule has 3 rings (SSSR count). The smallest absolute Gasteiger partial charge is 0.196 e. The van der Waals surface area contributed by atoms with Crippen LogP contribution in [-0.4, -0.2) is 24.6 Å². The van der Waals surface area contributed by atoms with Gasteiger partial charge in [-0.3, -0.25) is 14.9 Å². The summed E-state index contributed by atoms with van der Waals surface area (Å²) in [5, 5.41) is 0. The van der Waals surface area contributed by atoms with E-state index in [0.29, 0.717) is 12.5 Å². The Morgan fingerprint density at radius 2 is 1.95 bits per heavy atom. The van der Waals surface area contributed by atoms with Crippen LogP contribution < -0.4 is 15.4 Å². The quantitative estimate of drug-likeness (QED) is 0.936. The number of hydrogen-bond acceptors (Lipinski definition) is 5. The molecule has 1 aromatic heterocycles. The van der Waals surface area contributed by atoms with Gasteiger partial charge in [-0.15, -0.1) is 0 Å². The molecule has 2 heterocycles. The SMILES string of the molecule is COc1ccccc1N1C(N)=NCC1(C)c1ccccn1. The highest BCUT2D eigenvalue weighted by molar-refractivity contribution is 5.99. The summed E-state index contributed by atoms with van der Waals surface area (Å²) in [7, 11) is 1.65. The van der Waals surface area contributed by atoms with E-state index in [1.165, 1.54) is 0 Å². The Morgan fingerprint density at radius 3 is 2.67 bits per heavy atom. The van der Waals surface area contributed by atoms with Gasteiger partial charge in [0.25, 0.3) is 0 Å². The molecule has 1 atom stereocenters. The van der Waals surface area contributed by atoms with Crippen molar-refractivity contribution in [1.82, 2.24) is 4.98 Å². The molecular weight excluding hydrogens is 264 g/mol. The molecule has 0 saturated heterocycles. The van der Waals surface area contributed by atoms with E-state index in [2.05, 4.69) is 16.9 Å². The van der Waals surface area contributed by atoms with Gasteiger partial charge >= 0.3 is 0 Å². The van der Waals surface area contributed by atoms with Crippen molar-refractivity contribution in [1.29, 1.82) is 0 Å². The number of nitrogens with zero attached hydrogens (tertiary/aromatic N) is 3. The van der Waals surface area contributed by atoms with Crippen molar-refractivity contribution in [3.8, 4) is 5.75 Å². The van der Waals surface area contributed by atoms with Crippen LogP contribution in [0, 0.1) is 0 Å². The number of anilines is 1. The maximum absolute atomic E-state index is 6.14. The lowest BCUT2D eigenvalue weighted by atomic mass is 9.95. The molecule has 0 fully saturated rings. The molecule has 0 bridgehead atoms. The number of aliphatic imine (C=N–C) groups is 1. The zero-order valence-electron chi connectivity index (χ0n) is 12.2. The van der Waals surface area contributed by atoms with E-state index in [-0.39, 0.29) is 0 Å². The van der Waals surface area contributed by atoms with Crippen molar-refractivity contribution < 1.29 is 4.74 Å². The Bertz CT molecular complexity index is 671. The van der Waals surface area contributed by atoms with Gasteiger partial charge in [-0.25, -0.2) is 0 Å². The van der Waals surface area contributed by atoms with E-state index in [0.717, 1.165) is 17.1 Å². The molecule has 21 heavy (non-hydrogen) atoms. The third kappa shape index (κ3) is 2.11. The van der Waals surface area contributed by atoms with E-state index in [9.17, 15) is 0 Å². The van der Waals surface area contributed by atoms with Gasteiger partial charge < -0.3 is 10.5 Å². The highest BCUT2D eigenvalue weighted by Gasteiger charge is 2.42. The van der Waals surface area contributed by atoms with E-state index in [4.69, 9.17) is 10.5 Å². The summed E-state index contributed by atoms with van der Waals surface area (Å²) < 4.78 is 5.46. The van der Waals surface area contributed by atoms with Crippen LogP contribution in [0.5, 0.6) is 5.75 Å². The van der Waals surface area contributed by atoms with Crippen LogP contribution in [0.4, 0.5) is 5.69 Å². The van der Waals surface area contributed by atoms with E-state index >= 15 is 0 Å². The Morgan fingerprint density at radius 1 is 1.19 bits per heavy atom. The molecule has 5 heteroatoms. The van der Waals surface area contributed by atoms with Gasteiger partial charge in [0, 0.05) is 6.20 Å². The third-order valence-electron chi connectivity index (χ3n) is 3.81. The number of ether oxygens (including phenoxy) is 1. The summed E-state index contributed by atoms with van der Waals surface area (Å²) in [5.74, 6) is 1.24. The number of para-hydroxylation sites is 2. The molecule has 0 aliphatic carbocycles. The Kier molecular flexibility index (Phi) is 3.25. The van der Waals surface area contributed by atoms with Crippen molar-refractivity contribution in [3.63, 3.8) is 0 Å². The fraction of sp³-hybridized carbons (Fsp3) is 0.250. The first-order valence-corrected chi connectivity index (χ1v) is 6.81. The number of hydrogen-bond donors (Lipinski definition) is 1. The topological polar surface area (TPSA) is 63.7 Å². The van der Waals surface area contributed by atoms with Crippen LogP contribution in [-0.2, 0) is 5.54 Å². The Hall–Kier alpha value is -2.56. The summed E-state index contributed by atoms with van der Waals surface area (Å²) in [4.78, 5) is 10.9. The predicted molar refractivity (Wildman–Crippen MR) is 83.6 cm³/mol. The summed E-state index contributed by atoms with van der Waals surface area (Å²) in [5.41, 5.74) is 7.55. The first-order chi connectivity index (χ1) is 10.2. The Labute approximate surface area is 124 Å². The van der Waals surface area contributed by atoms with Crippen molar-refractivity contribution in [2.24, 2.45) is 10.7 Å². The fourth-order valence-electron chi connectivity index (χ4n) is 2.71. The third-order valence-corrected chi connectivity index (χ3v) is 3.81. The molecule has 108 valence electrons. The number of aromatic nitrogens is 1. The van der Waals surface area contributed by atoms with Crippen LogP contribution in [0.25, 0.3) is 0 Å². The molecule has 0 amide bonds. The molecule has 1 aromatic carbocycles. The lowest BCUT2D eigenvalue weighted by Gasteiger charge is -2.36. The normalized spacial score (nSPS) is 21.2. The van der Waals surface area contributed by atoms with Gasteiger partial charge in [0.1, 0.15) is 11.3 Å². The zero-order chi connectivity index (χ0) is 14.9. The number of nitrogens with two attached hydrogens (primary N) is 1. The Balaban J connectivity index is 2.12. The number of methoxy groups -OCH3 is 1. The summed E-state index contributed by atoms with van der Waals surface area (Å²) in [6.07, 6.45) is 1.79. The van der Waals surface area contributed by atoms with E-state index < -0.39 is 5.54 Å². The average molecular weight is 282 g/mol. The van der Waals surface area contributed by atoms with Crippen molar-refractivity contribution >= 4 is 11.6 Å².